The van der Waals surface area contributed by atoms with Crippen LogP contribution in [0.1, 0.15) is 11.1 Å². The lowest BCUT2D eigenvalue weighted by Gasteiger charge is -2.09. The molecule has 2 amide bonds. The van der Waals surface area contributed by atoms with Gasteiger partial charge in [-0.1, -0.05) is 6.07 Å². The molecule has 1 aliphatic heterocycles. The highest BCUT2D eigenvalue weighted by atomic mass is 16.7. The smallest absolute Gasteiger partial charge is 0.315 e. The molecule has 132 valence electrons. The molecule has 3 heterocycles. The molecule has 1 aromatic carbocycles. The number of nitrogens with one attached hydrogen (secondary N) is 2. The lowest BCUT2D eigenvalue weighted by Crippen LogP contribution is -2.34. The van der Waals surface area contributed by atoms with Gasteiger partial charge in [-0.25, -0.2) is 4.79 Å². The van der Waals surface area contributed by atoms with E-state index >= 15 is 0 Å². The third-order valence-corrected chi connectivity index (χ3v) is 3.94. The normalized spacial score (nSPS) is 12.0. The Hall–Kier alpha value is -3.48. The number of nitrogens with zero attached hydrogens (tertiary/aromatic N) is 1. The minimum atomic E-state index is -0.258. The number of furan rings is 1. The number of carbonyl (C=O) groups excluding carboxylic acids is 1. The van der Waals surface area contributed by atoms with E-state index < -0.39 is 0 Å². The van der Waals surface area contributed by atoms with Gasteiger partial charge in [0.2, 0.25) is 6.79 Å². The fraction of sp³-hybridized carbons (Fsp3) is 0.158. The summed E-state index contributed by atoms with van der Waals surface area (Å²) in [5.74, 6) is 2.17. The number of pyridine rings is 1. The van der Waals surface area contributed by atoms with E-state index in [1.54, 1.807) is 18.7 Å². The van der Waals surface area contributed by atoms with Gasteiger partial charge >= 0.3 is 6.03 Å². The molecule has 2 aromatic heterocycles. The summed E-state index contributed by atoms with van der Waals surface area (Å²) in [6.45, 7) is 0.999. The van der Waals surface area contributed by atoms with Gasteiger partial charge in [-0.3, -0.25) is 4.98 Å². The molecule has 0 aliphatic carbocycles. The topological polar surface area (TPSA) is 85.6 Å². The Balaban J connectivity index is 1.30. The van der Waals surface area contributed by atoms with Crippen LogP contribution < -0.4 is 20.1 Å². The first-order chi connectivity index (χ1) is 12.8. The number of hydrogen-bond donors (Lipinski definition) is 2. The van der Waals surface area contributed by atoms with E-state index in [0.29, 0.717) is 18.8 Å². The Bertz CT molecular complexity index is 909. The molecule has 0 saturated heterocycles. The van der Waals surface area contributed by atoms with Gasteiger partial charge in [0.1, 0.15) is 5.76 Å². The maximum atomic E-state index is 12.0. The van der Waals surface area contributed by atoms with Gasteiger partial charge in [0.25, 0.3) is 0 Å². The summed E-state index contributed by atoms with van der Waals surface area (Å²) in [4.78, 5) is 16.2. The van der Waals surface area contributed by atoms with Gasteiger partial charge in [-0.15, -0.1) is 0 Å². The van der Waals surface area contributed by atoms with Gasteiger partial charge < -0.3 is 24.5 Å². The average molecular weight is 351 g/mol. The first-order valence-electron chi connectivity index (χ1n) is 8.16. The van der Waals surface area contributed by atoms with E-state index in [1.165, 1.54) is 0 Å². The molecule has 0 unspecified atom stereocenters. The number of fused-ring (bicyclic) bond motifs is 1. The Kier molecular flexibility index (Phi) is 4.42. The van der Waals surface area contributed by atoms with Crippen LogP contribution in [0.4, 0.5) is 4.79 Å². The van der Waals surface area contributed by atoms with Gasteiger partial charge in [0.05, 0.1) is 6.26 Å². The Morgan fingerprint density at radius 2 is 1.85 bits per heavy atom. The zero-order valence-electron chi connectivity index (χ0n) is 13.9. The third kappa shape index (κ3) is 3.61. The van der Waals surface area contributed by atoms with Crippen molar-refractivity contribution in [3.8, 4) is 22.8 Å². The second-order valence-electron chi connectivity index (χ2n) is 5.78. The summed E-state index contributed by atoms with van der Waals surface area (Å²) < 4.78 is 16.0. The highest BCUT2D eigenvalue weighted by molar-refractivity contribution is 5.74. The quantitative estimate of drug-likeness (QED) is 0.738. The first kappa shape index (κ1) is 16.0. The lowest BCUT2D eigenvalue weighted by atomic mass is 10.1. The molecular formula is C19H17N3O4. The molecule has 7 nitrogen and oxygen atoms in total. The highest BCUT2D eigenvalue weighted by Gasteiger charge is 2.13. The third-order valence-electron chi connectivity index (χ3n) is 3.94. The number of ether oxygens (including phenoxy) is 2. The summed E-state index contributed by atoms with van der Waals surface area (Å²) in [5, 5.41) is 5.63. The van der Waals surface area contributed by atoms with Crippen molar-refractivity contribution < 1.29 is 18.7 Å². The van der Waals surface area contributed by atoms with Crippen LogP contribution in [0.25, 0.3) is 11.3 Å². The molecular weight excluding hydrogens is 334 g/mol. The van der Waals surface area contributed by atoms with E-state index in [0.717, 1.165) is 28.2 Å². The maximum Gasteiger partial charge on any atom is 0.315 e. The van der Waals surface area contributed by atoms with Crippen molar-refractivity contribution in [3.63, 3.8) is 0 Å². The Morgan fingerprint density at radius 3 is 2.69 bits per heavy atom. The monoisotopic (exact) mass is 351 g/mol. The molecule has 0 spiro atoms. The van der Waals surface area contributed by atoms with Crippen molar-refractivity contribution in [2.24, 2.45) is 0 Å². The molecule has 0 atom stereocenters. The van der Waals surface area contributed by atoms with Crippen LogP contribution in [-0.4, -0.2) is 17.8 Å². The molecule has 0 bridgehead atoms. The molecule has 7 heteroatoms. The zero-order chi connectivity index (χ0) is 17.8. The van der Waals surface area contributed by atoms with Crippen LogP contribution in [0.5, 0.6) is 11.5 Å². The zero-order valence-corrected chi connectivity index (χ0v) is 13.9. The number of urea groups is 1. The minimum absolute atomic E-state index is 0.234. The summed E-state index contributed by atoms with van der Waals surface area (Å²) >= 11 is 0. The fourth-order valence-electron chi connectivity index (χ4n) is 2.64. The predicted molar refractivity (Wildman–Crippen MR) is 93.6 cm³/mol. The van der Waals surface area contributed by atoms with Gasteiger partial charge in [-0.05, 0) is 41.5 Å². The molecule has 26 heavy (non-hydrogen) atoms. The standard InChI is InChI=1S/C19H17N3O4/c23-19(21-9-13-3-4-17-18(7-13)26-12-25-17)22-10-14-6-15(11-20-8-14)16-2-1-5-24-16/h1-8,11H,9-10,12H2,(H2,21,22,23). The van der Waals surface area contributed by atoms with Crippen LogP contribution in [0.15, 0.2) is 59.5 Å². The Labute approximate surface area is 150 Å². The van der Waals surface area contributed by atoms with Crippen molar-refractivity contribution in [2.45, 2.75) is 13.1 Å². The molecule has 4 rings (SSSR count). The maximum absolute atomic E-state index is 12.0. The van der Waals surface area contributed by atoms with Crippen molar-refractivity contribution in [1.82, 2.24) is 15.6 Å². The minimum Gasteiger partial charge on any atom is -0.464 e. The van der Waals surface area contributed by atoms with Crippen molar-refractivity contribution in [3.05, 3.63) is 66.2 Å². The van der Waals surface area contributed by atoms with Crippen LogP contribution in [0.3, 0.4) is 0 Å². The molecule has 3 aromatic rings. The molecule has 1 aliphatic rings. The fourth-order valence-corrected chi connectivity index (χ4v) is 2.64. The number of rotatable bonds is 5. The van der Waals surface area contributed by atoms with E-state index in [-0.39, 0.29) is 12.8 Å². The SMILES string of the molecule is O=C(NCc1cncc(-c2ccco2)c1)NCc1ccc2c(c1)OCO2. The number of benzene rings is 1. The molecule has 2 N–H and O–H groups in total. The second-order valence-corrected chi connectivity index (χ2v) is 5.78. The second kappa shape index (κ2) is 7.18. The lowest BCUT2D eigenvalue weighted by molar-refractivity contribution is 0.174. The van der Waals surface area contributed by atoms with Gasteiger partial charge in [0.15, 0.2) is 11.5 Å². The summed E-state index contributed by atoms with van der Waals surface area (Å²) in [6, 6.07) is 11.0. The predicted octanol–water partition coefficient (Wildman–Crippen LogP) is 3.07. The number of hydrogen-bond acceptors (Lipinski definition) is 5. The van der Waals surface area contributed by atoms with Crippen LogP contribution in [-0.2, 0) is 13.1 Å². The summed E-state index contributed by atoms with van der Waals surface area (Å²) in [6.07, 6.45) is 5.05. The first-order valence-corrected chi connectivity index (χ1v) is 8.16. The van der Waals surface area contributed by atoms with Gasteiger partial charge in [-0.2, -0.15) is 0 Å². The largest absolute Gasteiger partial charge is 0.464 e. The van der Waals surface area contributed by atoms with Crippen molar-refractivity contribution in [2.75, 3.05) is 6.79 Å². The molecule has 0 fully saturated rings. The number of aromatic nitrogens is 1. The van der Waals surface area contributed by atoms with Crippen LogP contribution >= 0.6 is 0 Å². The van der Waals surface area contributed by atoms with E-state index in [9.17, 15) is 4.79 Å². The number of amides is 2. The average Bonchev–Trinajstić information content (AvgIpc) is 3.36. The van der Waals surface area contributed by atoms with Crippen LogP contribution in [0.2, 0.25) is 0 Å². The van der Waals surface area contributed by atoms with E-state index in [4.69, 9.17) is 13.9 Å². The molecule has 0 saturated carbocycles. The summed E-state index contributed by atoms with van der Waals surface area (Å²) in [5.41, 5.74) is 2.69. The summed E-state index contributed by atoms with van der Waals surface area (Å²) in [7, 11) is 0. The van der Waals surface area contributed by atoms with E-state index in [2.05, 4.69) is 15.6 Å². The van der Waals surface area contributed by atoms with Crippen molar-refractivity contribution >= 4 is 6.03 Å². The number of carbonyl (C=O) groups is 1. The van der Waals surface area contributed by atoms with Crippen LogP contribution in [0, 0.1) is 0 Å². The highest BCUT2D eigenvalue weighted by Crippen LogP contribution is 2.32. The van der Waals surface area contributed by atoms with Crippen molar-refractivity contribution in [1.29, 1.82) is 0 Å². The Morgan fingerprint density at radius 1 is 1.00 bits per heavy atom. The van der Waals surface area contributed by atoms with Gasteiger partial charge in [0, 0.05) is 31.0 Å². The molecule has 0 radical (unpaired) electrons. The van der Waals surface area contributed by atoms with E-state index in [1.807, 2.05) is 36.4 Å².